The average Bonchev–Trinajstić information content (AvgIpc) is 2.70. The Morgan fingerprint density at radius 2 is 1.79 bits per heavy atom. The fourth-order valence-electron chi connectivity index (χ4n) is 3.31. The van der Waals surface area contributed by atoms with Crippen LogP contribution in [-0.4, -0.2) is 61.6 Å². The molecular formula is C21H34ClN5O. The van der Waals surface area contributed by atoms with E-state index in [0.29, 0.717) is 23.7 Å². The zero-order chi connectivity index (χ0) is 20.4. The van der Waals surface area contributed by atoms with Gasteiger partial charge in [0.15, 0.2) is 5.96 Å². The quantitative estimate of drug-likeness (QED) is 0.352. The summed E-state index contributed by atoms with van der Waals surface area (Å²) in [6, 6.07) is 7.05. The summed E-state index contributed by atoms with van der Waals surface area (Å²) < 4.78 is 0. The number of nitrogens with zero attached hydrogens (tertiary/aromatic N) is 2. The summed E-state index contributed by atoms with van der Waals surface area (Å²) in [4.78, 5) is 19.5. The van der Waals surface area contributed by atoms with E-state index >= 15 is 0 Å². The van der Waals surface area contributed by atoms with Crippen molar-refractivity contribution in [3.63, 3.8) is 0 Å². The van der Waals surface area contributed by atoms with Crippen LogP contribution in [0.1, 0.15) is 50.4 Å². The van der Waals surface area contributed by atoms with Gasteiger partial charge in [0.2, 0.25) is 0 Å². The summed E-state index contributed by atoms with van der Waals surface area (Å²) in [5.74, 6) is 0.611. The fourth-order valence-corrected chi connectivity index (χ4v) is 3.53. The first-order valence-electron chi connectivity index (χ1n) is 10.2. The molecule has 0 saturated carbocycles. The van der Waals surface area contributed by atoms with Crippen LogP contribution in [0.15, 0.2) is 29.3 Å². The first-order valence-corrected chi connectivity index (χ1v) is 10.6. The van der Waals surface area contributed by atoms with E-state index in [2.05, 4.69) is 34.7 Å². The lowest BCUT2D eigenvalue weighted by Gasteiger charge is -2.40. The molecule has 0 unspecified atom stereocenters. The van der Waals surface area contributed by atoms with Crippen molar-refractivity contribution < 1.29 is 4.79 Å². The van der Waals surface area contributed by atoms with E-state index in [4.69, 9.17) is 16.6 Å². The minimum atomic E-state index is -0.166. The molecule has 1 fully saturated rings. The molecule has 1 aromatic carbocycles. The van der Waals surface area contributed by atoms with Gasteiger partial charge in [-0.2, -0.15) is 0 Å². The standard InChI is InChI=1S/C21H34ClN5O/c1-4-23-20(26-16-21(2,3)27-14-8-5-9-15-27)25-13-12-24-19(28)17-10-6-7-11-18(17)22/h6-7,10-11H,4-5,8-9,12-16H2,1-3H3,(H,24,28)(H2,23,25,26). The van der Waals surface area contributed by atoms with E-state index in [-0.39, 0.29) is 11.4 Å². The molecule has 1 aromatic rings. The molecule has 2 rings (SSSR count). The van der Waals surface area contributed by atoms with Crippen LogP contribution < -0.4 is 16.0 Å². The predicted molar refractivity (Wildman–Crippen MR) is 117 cm³/mol. The van der Waals surface area contributed by atoms with Crippen LogP contribution in [0.4, 0.5) is 0 Å². The third-order valence-electron chi connectivity index (χ3n) is 5.00. The highest BCUT2D eigenvalue weighted by atomic mass is 35.5. The van der Waals surface area contributed by atoms with Gasteiger partial charge >= 0.3 is 0 Å². The number of benzene rings is 1. The van der Waals surface area contributed by atoms with Gasteiger partial charge < -0.3 is 16.0 Å². The molecule has 1 aliphatic rings. The van der Waals surface area contributed by atoms with Gasteiger partial charge in [0, 0.05) is 25.2 Å². The molecular weight excluding hydrogens is 374 g/mol. The van der Waals surface area contributed by atoms with Crippen LogP contribution in [-0.2, 0) is 0 Å². The molecule has 7 heteroatoms. The summed E-state index contributed by atoms with van der Waals surface area (Å²) in [5, 5.41) is 9.91. The monoisotopic (exact) mass is 407 g/mol. The molecule has 3 N–H and O–H groups in total. The van der Waals surface area contributed by atoms with Crippen LogP contribution in [0, 0.1) is 0 Å². The van der Waals surface area contributed by atoms with Crippen molar-refractivity contribution in [3.05, 3.63) is 34.9 Å². The summed E-state index contributed by atoms with van der Waals surface area (Å²) >= 11 is 6.06. The molecule has 0 aliphatic carbocycles. The molecule has 0 radical (unpaired) electrons. The fraction of sp³-hybridized carbons (Fsp3) is 0.619. The minimum absolute atomic E-state index is 0.0427. The van der Waals surface area contributed by atoms with Gasteiger partial charge in [0.1, 0.15) is 0 Å². The third kappa shape index (κ3) is 6.99. The average molecular weight is 408 g/mol. The molecule has 28 heavy (non-hydrogen) atoms. The van der Waals surface area contributed by atoms with Crippen LogP contribution in [0.2, 0.25) is 5.02 Å². The van der Waals surface area contributed by atoms with Crippen LogP contribution >= 0.6 is 11.6 Å². The van der Waals surface area contributed by atoms with E-state index in [1.165, 1.54) is 19.3 Å². The number of rotatable bonds is 8. The number of guanidine groups is 1. The zero-order valence-corrected chi connectivity index (χ0v) is 18.1. The van der Waals surface area contributed by atoms with Gasteiger partial charge in [-0.05, 0) is 58.8 Å². The number of nitrogens with one attached hydrogen (secondary N) is 3. The lowest BCUT2D eigenvalue weighted by Crippen LogP contribution is -2.50. The SMILES string of the molecule is CCNC(=NCC(C)(C)N1CCCCC1)NCCNC(=O)c1ccccc1Cl. The van der Waals surface area contributed by atoms with Crippen molar-refractivity contribution in [2.45, 2.75) is 45.6 Å². The van der Waals surface area contributed by atoms with Crippen molar-refractivity contribution in [2.75, 3.05) is 39.3 Å². The van der Waals surface area contributed by atoms with Gasteiger partial charge in [-0.3, -0.25) is 14.7 Å². The van der Waals surface area contributed by atoms with Crippen LogP contribution in [0.25, 0.3) is 0 Å². The van der Waals surface area contributed by atoms with Crippen molar-refractivity contribution in [3.8, 4) is 0 Å². The second kappa shape index (κ2) is 11.3. The van der Waals surface area contributed by atoms with Crippen LogP contribution in [0.5, 0.6) is 0 Å². The van der Waals surface area contributed by atoms with E-state index in [0.717, 1.165) is 32.1 Å². The smallest absolute Gasteiger partial charge is 0.252 e. The number of hydrogen-bond donors (Lipinski definition) is 3. The summed E-state index contributed by atoms with van der Waals surface area (Å²) in [5.41, 5.74) is 0.536. The second-order valence-electron chi connectivity index (χ2n) is 7.72. The highest BCUT2D eigenvalue weighted by molar-refractivity contribution is 6.33. The van der Waals surface area contributed by atoms with Crippen molar-refractivity contribution in [1.29, 1.82) is 0 Å². The van der Waals surface area contributed by atoms with E-state index in [1.54, 1.807) is 18.2 Å². The van der Waals surface area contributed by atoms with Gasteiger partial charge in [0.05, 0.1) is 17.1 Å². The first-order chi connectivity index (χ1) is 13.4. The lowest BCUT2D eigenvalue weighted by atomic mass is 9.99. The van der Waals surface area contributed by atoms with E-state index in [9.17, 15) is 4.79 Å². The molecule has 1 saturated heterocycles. The number of aliphatic imine (C=N–C) groups is 1. The molecule has 0 bridgehead atoms. The van der Waals surface area contributed by atoms with Crippen molar-refractivity contribution in [1.82, 2.24) is 20.9 Å². The van der Waals surface area contributed by atoms with Gasteiger partial charge in [-0.15, -0.1) is 0 Å². The maximum Gasteiger partial charge on any atom is 0.252 e. The molecule has 1 heterocycles. The molecule has 0 aromatic heterocycles. The second-order valence-corrected chi connectivity index (χ2v) is 8.13. The summed E-state index contributed by atoms with van der Waals surface area (Å²) in [6.45, 7) is 11.5. The van der Waals surface area contributed by atoms with E-state index in [1.807, 2.05) is 13.0 Å². The first kappa shape index (κ1) is 22.5. The zero-order valence-electron chi connectivity index (χ0n) is 17.4. The van der Waals surface area contributed by atoms with Crippen molar-refractivity contribution in [2.24, 2.45) is 4.99 Å². The number of hydrogen-bond acceptors (Lipinski definition) is 3. The molecule has 1 aliphatic heterocycles. The Morgan fingerprint density at radius 1 is 1.11 bits per heavy atom. The normalized spacial score (nSPS) is 15.9. The van der Waals surface area contributed by atoms with Gasteiger partial charge in [0.25, 0.3) is 5.91 Å². The Labute approximate surface area is 174 Å². The number of amides is 1. The molecule has 156 valence electrons. The number of likely N-dealkylation sites (tertiary alicyclic amines) is 1. The molecule has 1 amide bonds. The Kier molecular flexibility index (Phi) is 9.06. The minimum Gasteiger partial charge on any atom is -0.357 e. The van der Waals surface area contributed by atoms with Gasteiger partial charge in [-0.1, -0.05) is 30.2 Å². The number of carbonyl (C=O) groups excluding carboxylic acids is 1. The maximum absolute atomic E-state index is 12.2. The maximum atomic E-state index is 12.2. The Hall–Kier alpha value is -1.79. The third-order valence-corrected chi connectivity index (χ3v) is 5.33. The Morgan fingerprint density at radius 3 is 2.46 bits per heavy atom. The Balaban J connectivity index is 1.80. The topological polar surface area (TPSA) is 68.8 Å². The molecule has 0 atom stereocenters. The summed E-state index contributed by atoms with van der Waals surface area (Å²) in [7, 11) is 0. The number of carbonyl (C=O) groups is 1. The van der Waals surface area contributed by atoms with Crippen LogP contribution in [0.3, 0.4) is 0 Å². The molecule has 0 spiro atoms. The lowest BCUT2D eigenvalue weighted by molar-refractivity contribution is 0.0954. The van der Waals surface area contributed by atoms with E-state index < -0.39 is 0 Å². The predicted octanol–water partition coefficient (Wildman–Crippen LogP) is 2.89. The Bertz CT molecular complexity index is 656. The molecule has 6 nitrogen and oxygen atoms in total. The van der Waals surface area contributed by atoms with Gasteiger partial charge in [-0.25, -0.2) is 0 Å². The highest BCUT2D eigenvalue weighted by Gasteiger charge is 2.27. The number of halogens is 1. The summed E-state index contributed by atoms with van der Waals surface area (Å²) in [6.07, 6.45) is 3.88. The number of piperidine rings is 1. The van der Waals surface area contributed by atoms with Crippen molar-refractivity contribution >= 4 is 23.5 Å². The highest BCUT2D eigenvalue weighted by Crippen LogP contribution is 2.20. The largest absolute Gasteiger partial charge is 0.357 e.